The first-order valence-corrected chi connectivity index (χ1v) is 2.45. The number of hydrogen-bond acceptors (Lipinski definition) is 2. The predicted molar refractivity (Wildman–Crippen MR) is 28.5 cm³/mol. The summed E-state index contributed by atoms with van der Waals surface area (Å²) in [5.41, 5.74) is 0. The fourth-order valence-corrected chi connectivity index (χ4v) is 0.517. The molecule has 0 unspecified atom stereocenters. The average molecular weight is 133 g/mol. The highest BCUT2D eigenvalue weighted by molar-refractivity contribution is 5.89. The van der Waals surface area contributed by atoms with Crippen LogP contribution < -0.4 is 0 Å². The molecular weight excluding hydrogens is 128 g/mol. The average Bonchev–Trinajstić information content (AvgIpc) is 2.15. The Bertz CT molecular complexity index is 153. The molecule has 2 nitrogen and oxygen atoms in total. The lowest BCUT2D eigenvalue weighted by Gasteiger charge is -1.98. The van der Waals surface area contributed by atoms with Crippen molar-refractivity contribution >= 4 is 5.90 Å². The summed E-state index contributed by atoms with van der Waals surface area (Å²) in [6.45, 7) is -2.31. The number of halogens is 2. The largest absolute Gasteiger partial charge is 0.417 e. The Kier molecular flexibility index (Phi) is 1.77. The zero-order valence-electron chi connectivity index (χ0n) is 4.55. The first-order valence-electron chi connectivity index (χ1n) is 2.45. The molecule has 9 heavy (non-hydrogen) atoms. The maximum Gasteiger partial charge on any atom is 0.388 e. The minimum Gasteiger partial charge on any atom is -0.417 e. The topological polar surface area (TPSA) is 21.6 Å². The van der Waals surface area contributed by atoms with Gasteiger partial charge in [-0.25, -0.2) is 4.99 Å². The fraction of sp³-hybridized carbons (Fsp3) is 0.400. The molecule has 1 aliphatic heterocycles. The Morgan fingerprint density at radius 2 is 2.44 bits per heavy atom. The monoisotopic (exact) mass is 133 g/mol. The molecule has 0 amide bonds. The quantitative estimate of drug-likeness (QED) is 0.526. The Balaban J connectivity index is 2.35. The Labute approximate surface area is 50.8 Å². The van der Waals surface area contributed by atoms with Crippen LogP contribution in [-0.4, -0.2) is 19.1 Å². The molecule has 1 heterocycles. The van der Waals surface area contributed by atoms with Gasteiger partial charge in [-0.3, -0.25) is 0 Å². The molecule has 0 spiro atoms. The summed E-state index contributed by atoms with van der Waals surface area (Å²) >= 11 is 0. The van der Waals surface area contributed by atoms with Gasteiger partial charge in [-0.2, -0.15) is 8.78 Å². The predicted octanol–water partition coefficient (Wildman–Crippen LogP) is 1.19. The van der Waals surface area contributed by atoms with Gasteiger partial charge in [-0.15, -0.1) is 0 Å². The van der Waals surface area contributed by atoms with Gasteiger partial charge < -0.3 is 4.74 Å². The van der Waals surface area contributed by atoms with E-state index in [1.165, 1.54) is 6.08 Å². The summed E-state index contributed by atoms with van der Waals surface area (Å²) in [6.07, 6.45) is 3.07. The molecule has 4 heteroatoms. The lowest BCUT2D eigenvalue weighted by atomic mass is 10.6. The molecule has 0 aromatic heterocycles. The van der Waals surface area contributed by atoms with Crippen LogP contribution in [0.25, 0.3) is 0 Å². The third kappa shape index (κ3) is 1.79. The van der Waals surface area contributed by atoms with Gasteiger partial charge in [-0.1, -0.05) is 6.08 Å². The standard InChI is InChI=1S/C5H5F2NO/c6-5(7)9-4-2-1-3-8-4/h1-2,5H,3H2. The van der Waals surface area contributed by atoms with Crippen molar-refractivity contribution in [1.29, 1.82) is 0 Å². The lowest BCUT2D eigenvalue weighted by molar-refractivity contribution is -0.0592. The first-order chi connectivity index (χ1) is 4.29. The van der Waals surface area contributed by atoms with E-state index in [0.29, 0.717) is 6.54 Å². The van der Waals surface area contributed by atoms with Crippen LogP contribution in [0.4, 0.5) is 8.78 Å². The lowest BCUT2D eigenvalue weighted by Crippen LogP contribution is -2.04. The zero-order valence-corrected chi connectivity index (χ0v) is 4.55. The Morgan fingerprint density at radius 1 is 1.67 bits per heavy atom. The molecule has 0 saturated heterocycles. The van der Waals surface area contributed by atoms with E-state index in [1.54, 1.807) is 6.08 Å². The van der Waals surface area contributed by atoms with Gasteiger partial charge in [-0.05, 0) is 6.08 Å². The van der Waals surface area contributed by atoms with Gasteiger partial charge in [0, 0.05) is 0 Å². The molecule has 0 bridgehead atoms. The third-order valence-corrected chi connectivity index (χ3v) is 0.823. The van der Waals surface area contributed by atoms with Gasteiger partial charge in [0.25, 0.3) is 0 Å². The smallest absolute Gasteiger partial charge is 0.388 e. The number of hydrogen-bond donors (Lipinski definition) is 0. The van der Waals surface area contributed by atoms with Crippen molar-refractivity contribution in [3.05, 3.63) is 12.2 Å². The van der Waals surface area contributed by atoms with E-state index in [2.05, 4.69) is 9.73 Å². The van der Waals surface area contributed by atoms with Crippen LogP contribution in [0.5, 0.6) is 0 Å². The van der Waals surface area contributed by atoms with Crippen LogP contribution in [0.1, 0.15) is 0 Å². The Hall–Kier alpha value is -0.930. The number of aliphatic imine (C=N–C) groups is 1. The third-order valence-electron chi connectivity index (χ3n) is 0.823. The van der Waals surface area contributed by atoms with E-state index >= 15 is 0 Å². The molecule has 0 fully saturated rings. The van der Waals surface area contributed by atoms with E-state index in [1.807, 2.05) is 0 Å². The highest BCUT2D eigenvalue weighted by Crippen LogP contribution is 2.01. The fourth-order valence-electron chi connectivity index (χ4n) is 0.517. The molecule has 0 aromatic rings. The number of rotatable bonds is 1. The van der Waals surface area contributed by atoms with Crippen molar-refractivity contribution in [1.82, 2.24) is 0 Å². The normalized spacial score (nSPS) is 16.6. The SMILES string of the molecule is FC(F)OC1=NCC=C1. The zero-order chi connectivity index (χ0) is 6.69. The summed E-state index contributed by atoms with van der Waals surface area (Å²) < 4.78 is 26.6. The second-order valence-corrected chi connectivity index (χ2v) is 1.46. The van der Waals surface area contributed by atoms with E-state index in [9.17, 15) is 8.78 Å². The highest BCUT2D eigenvalue weighted by atomic mass is 19.3. The van der Waals surface area contributed by atoms with Gasteiger partial charge in [0.1, 0.15) is 0 Å². The van der Waals surface area contributed by atoms with Gasteiger partial charge in [0.15, 0.2) is 0 Å². The summed E-state index contributed by atoms with van der Waals surface area (Å²) in [6, 6.07) is 0. The van der Waals surface area contributed by atoms with Crippen LogP contribution in [0.15, 0.2) is 17.1 Å². The van der Waals surface area contributed by atoms with E-state index < -0.39 is 6.61 Å². The molecule has 0 N–H and O–H groups in total. The van der Waals surface area contributed by atoms with Crippen LogP contribution in [0, 0.1) is 0 Å². The van der Waals surface area contributed by atoms with E-state index in [-0.39, 0.29) is 5.90 Å². The van der Waals surface area contributed by atoms with Crippen LogP contribution in [0.3, 0.4) is 0 Å². The molecule has 1 aliphatic rings. The molecule has 0 atom stereocenters. The summed E-state index contributed by atoms with van der Waals surface area (Å²) in [5.74, 6) is 0.0185. The van der Waals surface area contributed by atoms with Crippen LogP contribution >= 0.6 is 0 Å². The van der Waals surface area contributed by atoms with Crippen molar-refractivity contribution in [2.45, 2.75) is 6.61 Å². The maximum absolute atomic E-state index is 11.3. The first kappa shape index (κ1) is 6.19. The van der Waals surface area contributed by atoms with Crippen molar-refractivity contribution < 1.29 is 13.5 Å². The second-order valence-electron chi connectivity index (χ2n) is 1.46. The number of ether oxygens (including phenoxy) is 1. The van der Waals surface area contributed by atoms with E-state index in [4.69, 9.17) is 0 Å². The molecule has 50 valence electrons. The minimum absolute atomic E-state index is 0.0185. The molecule has 1 rings (SSSR count). The molecule has 0 aliphatic carbocycles. The number of alkyl halides is 2. The Morgan fingerprint density at radius 3 is 2.89 bits per heavy atom. The second kappa shape index (κ2) is 2.57. The summed E-state index contributed by atoms with van der Waals surface area (Å²) in [4.78, 5) is 3.58. The summed E-state index contributed by atoms with van der Waals surface area (Å²) in [7, 11) is 0. The van der Waals surface area contributed by atoms with Crippen LogP contribution in [0.2, 0.25) is 0 Å². The highest BCUT2D eigenvalue weighted by Gasteiger charge is 2.06. The van der Waals surface area contributed by atoms with Crippen molar-refractivity contribution in [3.8, 4) is 0 Å². The van der Waals surface area contributed by atoms with Crippen molar-refractivity contribution in [2.75, 3.05) is 6.54 Å². The van der Waals surface area contributed by atoms with E-state index in [0.717, 1.165) is 0 Å². The molecule has 0 saturated carbocycles. The van der Waals surface area contributed by atoms with Crippen molar-refractivity contribution in [2.24, 2.45) is 4.99 Å². The van der Waals surface area contributed by atoms with Gasteiger partial charge in [0.2, 0.25) is 5.90 Å². The molecule has 0 radical (unpaired) electrons. The number of nitrogens with zero attached hydrogens (tertiary/aromatic N) is 1. The summed E-state index contributed by atoms with van der Waals surface area (Å²) in [5, 5.41) is 0. The minimum atomic E-state index is -2.76. The van der Waals surface area contributed by atoms with Crippen LogP contribution in [-0.2, 0) is 4.74 Å². The maximum atomic E-state index is 11.3. The molecular formula is C5H5F2NO. The van der Waals surface area contributed by atoms with Crippen molar-refractivity contribution in [3.63, 3.8) is 0 Å². The van der Waals surface area contributed by atoms with Gasteiger partial charge in [0.05, 0.1) is 6.54 Å². The molecule has 0 aromatic carbocycles. The van der Waals surface area contributed by atoms with Gasteiger partial charge >= 0.3 is 6.61 Å².